The Morgan fingerprint density at radius 2 is 1.88 bits per heavy atom. The zero-order valence-corrected chi connectivity index (χ0v) is 16.1. The van der Waals surface area contributed by atoms with Crippen LogP contribution < -0.4 is 4.72 Å². The summed E-state index contributed by atoms with van der Waals surface area (Å²) in [5, 5.41) is 3.95. The van der Waals surface area contributed by atoms with Gasteiger partial charge >= 0.3 is 6.18 Å². The quantitative estimate of drug-likeness (QED) is 0.663. The zero-order valence-electron chi connectivity index (χ0n) is 12.9. The average molecular weight is 461 g/mol. The smallest absolute Gasteiger partial charge is 0.268 e. The Morgan fingerprint density at radius 3 is 2.40 bits per heavy atom. The van der Waals surface area contributed by atoms with E-state index in [1.165, 1.54) is 35.9 Å². The molecule has 0 amide bonds. The number of benzene rings is 1. The Labute approximate surface area is 156 Å². The van der Waals surface area contributed by atoms with E-state index in [1.54, 1.807) is 0 Å². The summed E-state index contributed by atoms with van der Waals surface area (Å²) < 4.78 is 66.0. The monoisotopic (exact) mass is 459 g/mol. The number of rotatable bonds is 6. The van der Waals surface area contributed by atoms with Crippen LogP contribution in [0.3, 0.4) is 0 Å². The van der Waals surface area contributed by atoms with E-state index in [0.29, 0.717) is 10.7 Å². The first kappa shape index (κ1) is 20.2. The summed E-state index contributed by atoms with van der Waals surface area (Å²) in [5.74, 6) is 0. The topological polar surface area (TPSA) is 64.0 Å². The standard InChI is InChI=1S/C14H14BrClF3N3O2S/c1-9-12(15)13(14(17,18)19)21-22(9)8-2-7-20-25(23,24)11-5-3-10(16)4-6-11/h3-6,20H,2,7-8H2,1H3. The van der Waals surface area contributed by atoms with E-state index in [4.69, 9.17) is 11.6 Å². The van der Waals surface area contributed by atoms with Crippen molar-refractivity contribution in [2.45, 2.75) is 31.0 Å². The molecule has 0 atom stereocenters. The molecule has 0 unspecified atom stereocenters. The molecule has 0 radical (unpaired) electrons. The maximum atomic E-state index is 12.8. The first-order chi connectivity index (χ1) is 11.5. The molecule has 0 fully saturated rings. The molecule has 2 aromatic rings. The van der Waals surface area contributed by atoms with Gasteiger partial charge in [0.05, 0.1) is 15.1 Å². The summed E-state index contributed by atoms with van der Waals surface area (Å²) in [5.41, 5.74) is -0.667. The van der Waals surface area contributed by atoms with E-state index < -0.39 is 21.9 Å². The van der Waals surface area contributed by atoms with E-state index in [0.717, 1.165) is 0 Å². The van der Waals surface area contributed by atoms with Crippen molar-refractivity contribution in [1.29, 1.82) is 0 Å². The number of nitrogens with one attached hydrogen (secondary N) is 1. The van der Waals surface area contributed by atoms with Crippen molar-refractivity contribution in [2.24, 2.45) is 0 Å². The number of sulfonamides is 1. The first-order valence-corrected chi connectivity index (χ1v) is 9.73. The highest BCUT2D eigenvalue weighted by molar-refractivity contribution is 9.10. The van der Waals surface area contributed by atoms with Gasteiger partial charge in [0.25, 0.3) is 0 Å². The van der Waals surface area contributed by atoms with Gasteiger partial charge in [0.2, 0.25) is 10.0 Å². The minimum Gasteiger partial charge on any atom is -0.268 e. The van der Waals surface area contributed by atoms with Gasteiger partial charge in [-0.1, -0.05) is 11.6 Å². The molecule has 0 saturated heterocycles. The molecule has 0 aliphatic rings. The number of nitrogens with zero attached hydrogens (tertiary/aromatic N) is 2. The number of halogens is 5. The SMILES string of the molecule is Cc1c(Br)c(C(F)(F)F)nn1CCCNS(=O)(=O)c1ccc(Cl)cc1. The van der Waals surface area contributed by atoms with E-state index in [-0.39, 0.29) is 28.9 Å². The Hall–Kier alpha value is -1.10. The largest absolute Gasteiger partial charge is 0.436 e. The number of hydrogen-bond acceptors (Lipinski definition) is 3. The van der Waals surface area contributed by atoms with Crippen LogP contribution in [0.1, 0.15) is 17.8 Å². The Kier molecular flexibility index (Phi) is 6.18. The third-order valence-electron chi connectivity index (χ3n) is 3.36. The molecule has 1 aromatic heterocycles. The second-order valence-corrected chi connectivity index (χ2v) is 8.17. The number of aromatic nitrogens is 2. The molecule has 5 nitrogen and oxygen atoms in total. The molecule has 0 saturated carbocycles. The molecule has 1 heterocycles. The van der Waals surface area contributed by atoms with Crippen molar-refractivity contribution >= 4 is 37.6 Å². The molecule has 1 aromatic carbocycles. The molecular weight excluding hydrogens is 447 g/mol. The minimum absolute atomic E-state index is 0.0588. The molecule has 0 aliphatic carbocycles. The second-order valence-electron chi connectivity index (χ2n) is 5.17. The third-order valence-corrected chi connectivity index (χ3v) is 6.04. The summed E-state index contributed by atoms with van der Waals surface area (Å²) in [6.45, 7) is 1.71. The minimum atomic E-state index is -4.55. The summed E-state index contributed by atoms with van der Waals surface area (Å²) in [4.78, 5) is 0.0641. The molecular formula is C14H14BrClF3N3O2S. The Balaban J connectivity index is 1.96. The van der Waals surface area contributed by atoms with Crippen LogP contribution in [0.5, 0.6) is 0 Å². The molecule has 0 aliphatic heterocycles. The Morgan fingerprint density at radius 1 is 1.28 bits per heavy atom. The lowest BCUT2D eigenvalue weighted by molar-refractivity contribution is -0.142. The third kappa shape index (κ3) is 4.96. The highest BCUT2D eigenvalue weighted by Crippen LogP contribution is 2.35. The van der Waals surface area contributed by atoms with Crippen LogP contribution in [-0.4, -0.2) is 24.7 Å². The van der Waals surface area contributed by atoms with Gasteiger partial charge in [0.15, 0.2) is 5.69 Å². The van der Waals surface area contributed by atoms with Gasteiger partial charge in [-0.3, -0.25) is 4.68 Å². The maximum Gasteiger partial charge on any atom is 0.436 e. The van der Waals surface area contributed by atoms with Crippen molar-refractivity contribution in [1.82, 2.24) is 14.5 Å². The fraction of sp³-hybridized carbons (Fsp3) is 0.357. The number of aryl methyl sites for hydroxylation is 1. The molecule has 0 spiro atoms. The van der Waals surface area contributed by atoms with Gasteiger partial charge in [0.1, 0.15) is 0 Å². The highest BCUT2D eigenvalue weighted by Gasteiger charge is 2.37. The average Bonchev–Trinajstić information content (AvgIpc) is 2.80. The fourth-order valence-corrected chi connectivity index (χ4v) is 3.76. The second kappa shape index (κ2) is 7.65. The number of alkyl halides is 3. The molecule has 2 rings (SSSR count). The van der Waals surface area contributed by atoms with Crippen molar-refractivity contribution in [3.63, 3.8) is 0 Å². The van der Waals surface area contributed by atoms with Crippen LogP contribution in [0.15, 0.2) is 33.6 Å². The van der Waals surface area contributed by atoms with Gasteiger partial charge in [-0.15, -0.1) is 0 Å². The lowest BCUT2D eigenvalue weighted by Gasteiger charge is -2.08. The van der Waals surface area contributed by atoms with Crippen LogP contribution in [-0.2, 0) is 22.7 Å². The molecule has 1 N–H and O–H groups in total. The first-order valence-electron chi connectivity index (χ1n) is 7.07. The normalized spacial score (nSPS) is 12.6. The van der Waals surface area contributed by atoms with Crippen LogP contribution in [0.4, 0.5) is 13.2 Å². The van der Waals surface area contributed by atoms with E-state index in [9.17, 15) is 21.6 Å². The maximum absolute atomic E-state index is 12.8. The predicted molar refractivity (Wildman–Crippen MR) is 90.9 cm³/mol. The molecule has 0 bridgehead atoms. The van der Waals surface area contributed by atoms with Gasteiger partial charge in [-0.25, -0.2) is 13.1 Å². The Bertz CT molecular complexity index is 851. The zero-order chi connectivity index (χ0) is 18.8. The molecule has 138 valence electrons. The van der Waals surface area contributed by atoms with Gasteiger partial charge in [0, 0.05) is 18.1 Å². The van der Waals surface area contributed by atoms with Crippen molar-refractivity contribution in [2.75, 3.05) is 6.54 Å². The van der Waals surface area contributed by atoms with Gasteiger partial charge < -0.3 is 0 Å². The summed E-state index contributed by atoms with van der Waals surface area (Å²) >= 11 is 8.60. The van der Waals surface area contributed by atoms with Crippen molar-refractivity contribution < 1.29 is 21.6 Å². The fourth-order valence-electron chi connectivity index (χ4n) is 2.06. The lowest BCUT2D eigenvalue weighted by Crippen LogP contribution is -2.25. The van der Waals surface area contributed by atoms with Gasteiger partial charge in [-0.05, 0) is 53.5 Å². The number of hydrogen-bond donors (Lipinski definition) is 1. The van der Waals surface area contributed by atoms with Crippen molar-refractivity contribution in [3.05, 3.63) is 45.1 Å². The van der Waals surface area contributed by atoms with Crippen LogP contribution in [0.2, 0.25) is 5.02 Å². The molecule has 25 heavy (non-hydrogen) atoms. The van der Waals surface area contributed by atoms with E-state index in [2.05, 4.69) is 25.8 Å². The lowest BCUT2D eigenvalue weighted by atomic mass is 10.3. The van der Waals surface area contributed by atoms with Crippen LogP contribution in [0.25, 0.3) is 0 Å². The van der Waals surface area contributed by atoms with Crippen molar-refractivity contribution in [3.8, 4) is 0 Å². The summed E-state index contributed by atoms with van der Waals surface area (Å²) in [7, 11) is -3.70. The van der Waals surface area contributed by atoms with Crippen LogP contribution in [0, 0.1) is 6.92 Å². The van der Waals surface area contributed by atoms with Gasteiger partial charge in [-0.2, -0.15) is 18.3 Å². The summed E-state index contributed by atoms with van der Waals surface area (Å²) in [6.07, 6.45) is -4.27. The van der Waals surface area contributed by atoms with E-state index >= 15 is 0 Å². The summed E-state index contributed by atoms with van der Waals surface area (Å²) in [6, 6.07) is 5.66. The van der Waals surface area contributed by atoms with E-state index in [1.807, 2.05) is 0 Å². The highest BCUT2D eigenvalue weighted by atomic mass is 79.9. The molecule has 11 heteroatoms. The van der Waals surface area contributed by atoms with Crippen LogP contribution >= 0.6 is 27.5 Å². The predicted octanol–water partition coefficient (Wildman–Crippen LogP) is 3.99.